The van der Waals surface area contributed by atoms with Crippen LogP contribution in [-0.2, 0) is 13.1 Å². The molecule has 3 aromatic rings. The molecule has 0 aliphatic heterocycles. The summed E-state index contributed by atoms with van der Waals surface area (Å²) in [6, 6.07) is 10.1. The van der Waals surface area contributed by atoms with Gasteiger partial charge in [-0.25, -0.2) is 4.98 Å². The van der Waals surface area contributed by atoms with Crippen molar-refractivity contribution in [1.82, 2.24) is 19.7 Å². The molecule has 25 heavy (non-hydrogen) atoms. The molecule has 0 bridgehead atoms. The van der Waals surface area contributed by atoms with Gasteiger partial charge in [0.25, 0.3) is 0 Å². The molecule has 0 atom stereocenters. The van der Waals surface area contributed by atoms with E-state index in [1.807, 2.05) is 41.2 Å². The normalized spacial score (nSPS) is 10.6. The second kappa shape index (κ2) is 8.73. The number of aryl methyl sites for hydroxylation is 1. The van der Waals surface area contributed by atoms with E-state index in [9.17, 15) is 0 Å². The Morgan fingerprint density at radius 2 is 2.04 bits per heavy atom. The van der Waals surface area contributed by atoms with Crippen LogP contribution in [0.3, 0.4) is 0 Å². The Bertz CT molecular complexity index is 808. The van der Waals surface area contributed by atoms with Gasteiger partial charge in [-0.2, -0.15) is 21.8 Å². The van der Waals surface area contributed by atoms with Gasteiger partial charge in [0.1, 0.15) is 5.02 Å². The standard InChI is InChI=1S/C17H19ClN6S/c1-25-8-7-24-12-14(10-21-24)22-17-20-11-15(18)16(23-17)19-9-13-5-3-2-4-6-13/h2-6,10-12H,7-9H2,1H3,(H2,19,20,22,23). The Hall–Kier alpha value is -2.25. The fourth-order valence-electron chi connectivity index (χ4n) is 2.20. The minimum Gasteiger partial charge on any atom is -0.365 e. The minimum absolute atomic E-state index is 0.476. The largest absolute Gasteiger partial charge is 0.365 e. The molecule has 8 heteroatoms. The molecular formula is C17H19ClN6S. The number of halogens is 1. The lowest BCUT2D eigenvalue weighted by Gasteiger charge is -2.09. The Balaban J connectivity index is 1.65. The van der Waals surface area contributed by atoms with Crippen LogP contribution in [0.2, 0.25) is 5.02 Å². The lowest BCUT2D eigenvalue weighted by atomic mass is 10.2. The van der Waals surface area contributed by atoms with Crippen molar-refractivity contribution >= 4 is 40.8 Å². The van der Waals surface area contributed by atoms with Crippen LogP contribution in [0.15, 0.2) is 48.9 Å². The Morgan fingerprint density at radius 3 is 2.84 bits per heavy atom. The molecule has 130 valence electrons. The topological polar surface area (TPSA) is 67.7 Å². The summed E-state index contributed by atoms with van der Waals surface area (Å²) in [5, 5.41) is 11.2. The van der Waals surface area contributed by atoms with Gasteiger partial charge in [0.15, 0.2) is 5.82 Å². The summed E-state index contributed by atoms with van der Waals surface area (Å²) in [5.41, 5.74) is 2.00. The highest BCUT2D eigenvalue weighted by atomic mass is 35.5. The van der Waals surface area contributed by atoms with Crippen molar-refractivity contribution in [3.63, 3.8) is 0 Å². The zero-order valence-corrected chi connectivity index (χ0v) is 15.4. The number of thioether (sulfide) groups is 1. The van der Waals surface area contributed by atoms with Crippen molar-refractivity contribution in [2.24, 2.45) is 0 Å². The predicted octanol–water partition coefficient (Wildman–Crippen LogP) is 4.05. The van der Waals surface area contributed by atoms with Gasteiger partial charge in [-0.3, -0.25) is 4.68 Å². The third-order valence-corrected chi connectivity index (χ3v) is 4.33. The van der Waals surface area contributed by atoms with Gasteiger partial charge in [0.2, 0.25) is 5.95 Å². The van der Waals surface area contributed by atoms with Crippen LogP contribution < -0.4 is 10.6 Å². The summed E-state index contributed by atoms with van der Waals surface area (Å²) in [5.74, 6) is 2.09. The molecule has 2 heterocycles. The highest BCUT2D eigenvalue weighted by molar-refractivity contribution is 7.98. The number of hydrogen-bond donors (Lipinski definition) is 2. The van der Waals surface area contributed by atoms with Crippen LogP contribution >= 0.6 is 23.4 Å². The van der Waals surface area contributed by atoms with E-state index in [0.29, 0.717) is 23.3 Å². The van der Waals surface area contributed by atoms with Crippen molar-refractivity contribution in [2.75, 3.05) is 22.6 Å². The highest BCUT2D eigenvalue weighted by Crippen LogP contribution is 2.22. The molecule has 2 aromatic heterocycles. The summed E-state index contributed by atoms with van der Waals surface area (Å²) < 4.78 is 1.89. The SMILES string of the molecule is CSCCn1cc(Nc2ncc(Cl)c(NCc3ccccc3)n2)cn1. The average molecular weight is 375 g/mol. The van der Waals surface area contributed by atoms with Gasteiger partial charge >= 0.3 is 0 Å². The first-order chi connectivity index (χ1) is 12.2. The van der Waals surface area contributed by atoms with Gasteiger partial charge in [-0.15, -0.1) is 0 Å². The summed E-state index contributed by atoms with van der Waals surface area (Å²) in [4.78, 5) is 8.67. The second-order valence-electron chi connectivity index (χ2n) is 5.34. The van der Waals surface area contributed by atoms with Crippen molar-refractivity contribution in [1.29, 1.82) is 0 Å². The first kappa shape index (κ1) is 17.6. The number of nitrogens with zero attached hydrogens (tertiary/aromatic N) is 4. The third-order valence-electron chi connectivity index (χ3n) is 3.46. The van der Waals surface area contributed by atoms with Gasteiger partial charge in [-0.05, 0) is 11.8 Å². The van der Waals surface area contributed by atoms with Crippen LogP contribution in [0.4, 0.5) is 17.5 Å². The molecule has 1 aromatic carbocycles. The molecule has 0 saturated heterocycles. The number of hydrogen-bond acceptors (Lipinski definition) is 6. The lowest BCUT2D eigenvalue weighted by Crippen LogP contribution is -2.05. The first-order valence-electron chi connectivity index (χ1n) is 7.83. The maximum atomic E-state index is 6.19. The summed E-state index contributed by atoms with van der Waals surface area (Å²) in [6.07, 6.45) is 7.36. The summed E-state index contributed by atoms with van der Waals surface area (Å²) >= 11 is 7.98. The Labute approximate surface area is 156 Å². The zero-order valence-electron chi connectivity index (χ0n) is 13.8. The zero-order chi connectivity index (χ0) is 17.5. The van der Waals surface area contributed by atoms with E-state index in [1.54, 1.807) is 24.2 Å². The number of nitrogens with one attached hydrogen (secondary N) is 2. The van der Waals surface area contributed by atoms with E-state index >= 15 is 0 Å². The Morgan fingerprint density at radius 1 is 1.20 bits per heavy atom. The van der Waals surface area contributed by atoms with Crippen LogP contribution in [-0.4, -0.2) is 31.8 Å². The monoisotopic (exact) mass is 374 g/mol. The highest BCUT2D eigenvalue weighted by Gasteiger charge is 2.07. The molecule has 3 rings (SSSR count). The molecule has 6 nitrogen and oxygen atoms in total. The van der Waals surface area contributed by atoms with E-state index in [-0.39, 0.29) is 0 Å². The minimum atomic E-state index is 0.476. The Kier molecular flexibility index (Phi) is 6.14. The molecule has 0 spiro atoms. The number of benzene rings is 1. The molecule has 0 radical (unpaired) electrons. The van der Waals surface area contributed by atoms with Gasteiger partial charge < -0.3 is 10.6 Å². The smallest absolute Gasteiger partial charge is 0.229 e. The fourth-order valence-corrected chi connectivity index (χ4v) is 2.72. The average Bonchev–Trinajstić information content (AvgIpc) is 3.08. The van der Waals surface area contributed by atoms with E-state index in [0.717, 1.165) is 23.5 Å². The molecule has 0 aliphatic rings. The van der Waals surface area contributed by atoms with Crippen molar-refractivity contribution in [3.8, 4) is 0 Å². The van der Waals surface area contributed by atoms with Crippen LogP contribution in [0.25, 0.3) is 0 Å². The second-order valence-corrected chi connectivity index (χ2v) is 6.73. The molecule has 0 unspecified atom stereocenters. The number of anilines is 3. The van der Waals surface area contributed by atoms with E-state index in [1.165, 1.54) is 0 Å². The van der Waals surface area contributed by atoms with Gasteiger partial charge in [0, 0.05) is 18.5 Å². The van der Waals surface area contributed by atoms with E-state index in [4.69, 9.17) is 11.6 Å². The molecule has 0 amide bonds. The summed E-state index contributed by atoms with van der Waals surface area (Å²) in [7, 11) is 0. The maximum absolute atomic E-state index is 6.19. The third kappa shape index (κ3) is 5.11. The fraction of sp³-hybridized carbons (Fsp3) is 0.235. The maximum Gasteiger partial charge on any atom is 0.229 e. The van der Waals surface area contributed by atoms with Crippen LogP contribution in [0.5, 0.6) is 0 Å². The molecule has 0 aliphatic carbocycles. The van der Waals surface area contributed by atoms with Gasteiger partial charge in [-0.1, -0.05) is 41.9 Å². The van der Waals surface area contributed by atoms with E-state index < -0.39 is 0 Å². The molecule has 0 saturated carbocycles. The van der Waals surface area contributed by atoms with Crippen molar-refractivity contribution < 1.29 is 0 Å². The van der Waals surface area contributed by atoms with Crippen LogP contribution in [0.1, 0.15) is 5.56 Å². The van der Waals surface area contributed by atoms with Crippen molar-refractivity contribution in [3.05, 3.63) is 59.5 Å². The number of aromatic nitrogens is 4. The molecule has 2 N–H and O–H groups in total. The predicted molar refractivity (Wildman–Crippen MR) is 105 cm³/mol. The van der Waals surface area contributed by atoms with Crippen LogP contribution in [0, 0.1) is 0 Å². The quantitative estimate of drug-likeness (QED) is 0.620. The lowest BCUT2D eigenvalue weighted by molar-refractivity contribution is 0.667. The first-order valence-corrected chi connectivity index (χ1v) is 9.60. The number of rotatable bonds is 8. The molecular weight excluding hydrogens is 356 g/mol. The van der Waals surface area contributed by atoms with E-state index in [2.05, 4.69) is 32.0 Å². The molecule has 0 fully saturated rings. The van der Waals surface area contributed by atoms with Gasteiger partial charge in [0.05, 0.1) is 24.6 Å². The summed E-state index contributed by atoms with van der Waals surface area (Å²) in [6.45, 7) is 1.51. The van der Waals surface area contributed by atoms with Crippen molar-refractivity contribution in [2.45, 2.75) is 13.1 Å².